The monoisotopic (exact) mass is 245 g/mol. The molecule has 2 aromatic rings. The zero-order chi connectivity index (χ0) is 12.4. The maximum absolute atomic E-state index is 5.59. The van der Waals surface area contributed by atoms with E-state index >= 15 is 0 Å². The van der Waals surface area contributed by atoms with Gasteiger partial charge in [0, 0.05) is 50.2 Å². The van der Waals surface area contributed by atoms with E-state index in [9.17, 15) is 0 Å². The van der Waals surface area contributed by atoms with Gasteiger partial charge in [0.15, 0.2) is 0 Å². The van der Waals surface area contributed by atoms with E-state index in [2.05, 4.69) is 20.4 Å². The van der Waals surface area contributed by atoms with Gasteiger partial charge in [-0.3, -0.25) is 9.67 Å². The predicted molar refractivity (Wildman–Crippen MR) is 65.0 cm³/mol. The summed E-state index contributed by atoms with van der Waals surface area (Å²) in [5.41, 5.74) is 3.53. The summed E-state index contributed by atoms with van der Waals surface area (Å²) in [5, 5.41) is 7.87. The molecule has 6 heteroatoms. The van der Waals surface area contributed by atoms with Gasteiger partial charge in [0.05, 0.1) is 6.20 Å². The van der Waals surface area contributed by atoms with Crippen molar-refractivity contribution in [2.24, 2.45) is 7.05 Å². The summed E-state index contributed by atoms with van der Waals surface area (Å²) in [7, 11) is 1.98. The smallest absolute Gasteiger partial charge is 0.232 e. The number of aryl methyl sites for hydroxylation is 1. The van der Waals surface area contributed by atoms with Crippen LogP contribution in [-0.4, -0.2) is 26.3 Å². The molecular formula is C12H15N5O. The Hall–Kier alpha value is -1.95. The normalized spacial score (nSPS) is 14.3. The number of rotatable bonds is 3. The van der Waals surface area contributed by atoms with E-state index in [1.165, 1.54) is 11.3 Å². The first kappa shape index (κ1) is 11.2. The van der Waals surface area contributed by atoms with E-state index in [-0.39, 0.29) is 0 Å². The molecule has 6 nitrogen and oxygen atoms in total. The van der Waals surface area contributed by atoms with Gasteiger partial charge >= 0.3 is 0 Å². The maximum atomic E-state index is 5.59. The van der Waals surface area contributed by atoms with Crippen LogP contribution in [-0.2, 0) is 26.6 Å². The van der Waals surface area contributed by atoms with Crippen LogP contribution in [0, 0.1) is 0 Å². The van der Waals surface area contributed by atoms with Crippen LogP contribution in [0.5, 0.6) is 5.88 Å². The molecule has 1 aliphatic heterocycles. The maximum Gasteiger partial charge on any atom is 0.232 e. The van der Waals surface area contributed by atoms with Gasteiger partial charge in [-0.25, -0.2) is 4.98 Å². The summed E-state index contributed by atoms with van der Waals surface area (Å²) in [4.78, 5) is 8.04. The second-order valence-corrected chi connectivity index (χ2v) is 4.25. The lowest BCUT2D eigenvalue weighted by molar-refractivity contribution is 0.285. The largest absolute Gasteiger partial charge is 0.470 e. The predicted octanol–water partition coefficient (Wildman–Crippen LogP) is 0.435. The fraction of sp³-hybridized carbons (Fsp3) is 0.417. The first-order chi connectivity index (χ1) is 8.84. The van der Waals surface area contributed by atoms with Gasteiger partial charge in [-0.2, -0.15) is 5.10 Å². The lowest BCUT2D eigenvalue weighted by Gasteiger charge is -2.14. The van der Waals surface area contributed by atoms with Crippen molar-refractivity contribution >= 4 is 0 Å². The summed E-state index contributed by atoms with van der Waals surface area (Å²) in [5.74, 6) is 0.528. The first-order valence-electron chi connectivity index (χ1n) is 5.98. The van der Waals surface area contributed by atoms with Crippen LogP contribution in [0.25, 0.3) is 0 Å². The molecule has 0 aliphatic carbocycles. The average Bonchev–Trinajstić information content (AvgIpc) is 2.75. The zero-order valence-electron chi connectivity index (χ0n) is 10.3. The van der Waals surface area contributed by atoms with Crippen LogP contribution in [0.15, 0.2) is 18.6 Å². The molecule has 0 saturated carbocycles. The van der Waals surface area contributed by atoms with Crippen LogP contribution in [0.1, 0.15) is 17.0 Å². The van der Waals surface area contributed by atoms with Crippen molar-refractivity contribution in [1.29, 1.82) is 0 Å². The van der Waals surface area contributed by atoms with Crippen molar-refractivity contribution in [2.45, 2.75) is 19.6 Å². The quantitative estimate of drug-likeness (QED) is 0.849. The summed E-state index contributed by atoms with van der Waals surface area (Å²) in [6.07, 6.45) is 5.86. The Balaban J connectivity index is 1.77. The van der Waals surface area contributed by atoms with Crippen LogP contribution in [0.4, 0.5) is 0 Å². The van der Waals surface area contributed by atoms with Gasteiger partial charge < -0.3 is 10.1 Å². The molecule has 0 radical (unpaired) electrons. The summed E-state index contributed by atoms with van der Waals surface area (Å²) >= 11 is 0. The second-order valence-electron chi connectivity index (χ2n) is 4.25. The summed E-state index contributed by atoms with van der Waals surface area (Å²) < 4.78 is 7.54. The number of nitrogens with one attached hydrogen (secondary N) is 1. The van der Waals surface area contributed by atoms with Crippen LogP contribution in [0.3, 0.4) is 0 Å². The molecule has 0 unspecified atom stereocenters. The Labute approximate surface area is 105 Å². The van der Waals surface area contributed by atoms with E-state index < -0.39 is 0 Å². The Morgan fingerprint density at radius 3 is 3.22 bits per heavy atom. The van der Waals surface area contributed by atoms with Crippen molar-refractivity contribution in [3.05, 3.63) is 35.5 Å². The van der Waals surface area contributed by atoms with Crippen molar-refractivity contribution in [2.75, 3.05) is 6.54 Å². The SMILES string of the molecule is Cn1nc(COc2cnccn2)c2c1CCNC2. The third-order valence-corrected chi connectivity index (χ3v) is 3.09. The number of hydrogen-bond donors (Lipinski definition) is 1. The molecule has 3 rings (SSSR count). The Bertz CT molecular complexity index is 537. The highest BCUT2D eigenvalue weighted by Gasteiger charge is 2.19. The third kappa shape index (κ3) is 2.06. The highest BCUT2D eigenvalue weighted by molar-refractivity contribution is 5.28. The van der Waals surface area contributed by atoms with Gasteiger partial charge in [0.2, 0.25) is 5.88 Å². The molecule has 1 N–H and O–H groups in total. The zero-order valence-corrected chi connectivity index (χ0v) is 10.3. The lowest BCUT2D eigenvalue weighted by atomic mass is 10.1. The van der Waals surface area contributed by atoms with Crippen molar-refractivity contribution < 1.29 is 4.74 Å². The van der Waals surface area contributed by atoms with Crippen molar-refractivity contribution in [3.63, 3.8) is 0 Å². The Morgan fingerprint density at radius 2 is 2.39 bits per heavy atom. The van der Waals surface area contributed by atoms with Gasteiger partial charge in [0.1, 0.15) is 12.3 Å². The molecule has 1 aliphatic rings. The topological polar surface area (TPSA) is 64.9 Å². The Morgan fingerprint density at radius 1 is 1.44 bits per heavy atom. The molecule has 0 fully saturated rings. The van der Waals surface area contributed by atoms with E-state index in [0.717, 1.165) is 25.2 Å². The van der Waals surface area contributed by atoms with Crippen molar-refractivity contribution in [3.8, 4) is 5.88 Å². The third-order valence-electron chi connectivity index (χ3n) is 3.09. The number of hydrogen-bond acceptors (Lipinski definition) is 5. The molecular weight excluding hydrogens is 230 g/mol. The fourth-order valence-corrected chi connectivity index (χ4v) is 2.22. The van der Waals surface area contributed by atoms with Gasteiger partial charge in [-0.1, -0.05) is 0 Å². The molecule has 18 heavy (non-hydrogen) atoms. The highest BCUT2D eigenvalue weighted by atomic mass is 16.5. The van der Waals surface area contributed by atoms with Crippen LogP contribution >= 0.6 is 0 Å². The summed E-state index contributed by atoms with van der Waals surface area (Å²) in [6, 6.07) is 0. The molecule has 2 aromatic heterocycles. The number of fused-ring (bicyclic) bond motifs is 1. The number of aromatic nitrogens is 4. The fourth-order valence-electron chi connectivity index (χ4n) is 2.22. The Kier molecular flexibility index (Phi) is 2.93. The lowest BCUT2D eigenvalue weighted by Crippen LogP contribution is -2.24. The minimum Gasteiger partial charge on any atom is -0.470 e. The minimum absolute atomic E-state index is 0.434. The van der Waals surface area contributed by atoms with Crippen LogP contribution < -0.4 is 10.1 Å². The molecule has 0 saturated heterocycles. The number of nitrogens with zero attached hydrogens (tertiary/aromatic N) is 4. The minimum atomic E-state index is 0.434. The van der Waals surface area contributed by atoms with Crippen LogP contribution in [0.2, 0.25) is 0 Å². The van der Waals surface area contributed by atoms with Gasteiger partial charge in [-0.15, -0.1) is 0 Å². The standard InChI is InChI=1S/C12H15N5O/c1-17-11-2-3-13-6-9(11)10(16-17)8-18-12-7-14-4-5-15-12/h4-5,7,13H,2-3,6,8H2,1H3. The first-order valence-corrected chi connectivity index (χ1v) is 5.98. The number of ether oxygens (including phenoxy) is 1. The van der Waals surface area contributed by atoms with E-state index in [4.69, 9.17) is 4.74 Å². The molecule has 0 bridgehead atoms. The molecule has 94 valence electrons. The van der Waals surface area contributed by atoms with E-state index in [1.807, 2.05) is 11.7 Å². The molecule has 0 spiro atoms. The molecule has 0 aromatic carbocycles. The highest BCUT2D eigenvalue weighted by Crippen LogP contribution is 2.18. The summed E-state index contributed by atoms with van der Waals surface area (Å²) in [6.45, 7) is 2.31. The van der Waals surface area contributed by atoms with E-state index in [1.54, 1.807) is 18.6 Å². The van der Waals surface area contributed by atoms with Gasteiger partial charge in [-0.05, 0) is 0 Å². The molecule has 0 atom stereocenters. The van der Waals surface area contributed by atoms with Crippen molar-refractivity contribution in [1.82, 2.24) is 25.1 Å². The average molecular weight is 245 g/mol. The van der Waals surface area contributed by atoms with Gasteiger partial charge in [0.25, 0.3) is 0 Å². The molecule has 3 heterocycles. The molecule has 0 amide bonds. The van der Waals surface area contributed by atoms with E-state index in [0.29, 0.717) is 12.5 Å². The second kappa shape index (κ2) is 4.73.